The number of hydrogen-bond acceptors (Lipinski definition) is 2. The largest absolute Gasteiger partial charge is 0.352 e. The van der Waals surface area contributed by atoms with Crippen molar-refractivity contribution in [3.05, 3.63) is 35.1 Å². The van der Waals surface area contributed by atoms with E-state index in [1.165, 1.54) is 25.7 Å². The standard InChI is InChI=1S/C23H31F3O2/c24-20-11-16(12-21(25)22(20)26)6-5-15-7-9-18(10-8-15)23-27-13-19(14-28-23)17-3-1-2-4-17/h11-12,15,17-19,23H,1-10,13-14H2/t15?,18?,19-,23-. The topological polar surface area (TPSA) is 18.5 Å². The van der Waals surface area contributed by atoms with Crippen molar-refractivity contribution < 1.29 is 22.6 Å². The first-order valence-corrected chi connectivity index (χ1v) is 11.0. The van der Waals surface area contributed by atoms with Crippen molar-refractivity contribution in [2.45, 2.75) is 70.5 Å². The number of benzene rings is 1. The summed E-state index contributed by atoms with van der Waals surface area (Å²) in [5.74, 6) is -1.21. The van der Waals surface area contributed by atoms with Gasteiger partial charge in [-0.25, -0.2) is 13.2 Å². The van der Waals surface area contributed by atoms with Crippen molar-refractivity contribution in [2.24, 2.45) is 23.7 Å². The van der Waals surface area contributed by atoms with Crippen molar-refractivity contribution >= 4 is 0 Å². The first kappa shape index (κ1) is 20.2. The van der Waals surface area contributed by atoms with Crippen LogP contribution in [0.5, 0.6) is 0 Å². The maximum absolute atomic E-state index is 13.3. The van der Waals surface area contributed by atoms with E-state index in [1.54, 1.807) is 0 Å². The third-order valence-electron chi connectivity index (χ3n) is 7.18. The summed E-state index contributed by atoms with van der Waals surface area (Å²) >= 11 is 0. The minimum absolute atomic E-state index is 0.0566. The Kier molecular flexibility index (Phi) is 6.62. The Morgan fingerprint density at radius 1 is 0.750 bits per heavy atom. The summed E-state index contributed by atoms with van der Waals surface area (Å²) in [6, 6.07) is 2.24. The number of halogens is 3. The maximum atomic E-state index is 13.3. The molecule has 2 aliphatic carbocycles. The van der Waals surface area contributed by atoms with E-state index < -0.39 is 17.5 Å². The molecule has 0 unspecified atom stereocenters. The highest BCUT2D eigenvalue weighted by molar-refractivity contribution is 5.19. The zero-order valence-corrected chi connectivity index (χ0v) is 16.5. The summed E-state index contributed by atoms with van der Waals surface area (Å²) in [5, 5.41) is 0. The normalized spacial score (nSPS) is 32.0. The molecule has 1 saturated heterocycles. The lowest BCUT2D eigenvalue weighted by atomic mass is 9.79. The Morgan fingerprint density at radius 3 is 1.96 bits per heavy atom. The third kappa shape index (κ3) is 4.73. The minimum atomic E-state index is -1.38. The molecule has 0 aromatic heterocycles. The van der Waals surface area contributed by atoms with Gasteiger partial charge in [-0.2, -0.15) is 0 Å². The highest BCUT2D eigenvalue weighted by Crippen LogP contribution is 2.38. The summed E-state index contributed by atoms with van der Waals surface area (Å²) < 4.78 is 52.0. The number of aryl methyl sites for hydroxylation is 1. The average Bonchev–Trinajstić information content (AvgIpc) is 3.26. The molecule has 0 N–H and O–H groups in total. The van der Waals surface area contributed by atoms with E-state index in [4.69, 9.17) is 9.47 Å². The van der Waals surface area contributed by atoms with Crippen LogP contribution in [0.1, 0.15) is 63.4 Å². The van der Waals surface area contributed by atoms with Crippen LogP contribution in [-0.2, 0) is 15.9 Å². The van der Waals surface area contributed by atoms with Gasteiger partial charge >= 0.3 is 0 Å². The molecule has 3 fully saturated rings. The van der Waals surface area contributed by atoms with Crippen molar-refractivity contribution in [2.75, 3.05) is 13.2 Å². The summed E-state index contributed by atoms with van der Waals surface area (Å²) in [5.41, 5.74) is 0.537. The van der Waals surface area contributed by atoms with Crippen molar-refractivity contribution in [1.82, 2.24) is 0 Å². The molecule has 1 aromatic rings. The smallest absolute Gasteiger partial charge is 0.194 e. The lowest BCUT2D eigenvalue weighted by molar-refractivity contribution is -0.235. The Hall–Kier alpha value is -1.07. The van der Waals surface area contributed by atoms with E-state index in [9.17, 15) is 13.2 Å². The van der Waals surface area contributed by atoms with Gasteiger partial charge in [-0.3, -0.25) is 0 Å². The van der Waals surface area contributed by atoms with Gasteiger partial charge in [-0.05, 0) is 68.1 Å². The SMILES string of the molecule is Fc1cc(CCC2CCC([C@H]3OC[C@H](C4CCCC4)CO3)CC2)cc(F)c1F. The van der Waals surface area contributed by atoms with Crippen LogP contribution in [-0.4, -0.2) is 19.5 Å². The molecule has 2 nitrogen and oxygen atoms in total. The Balaban J connectivity index is 1.19. The minimum Gasteiger partial charge on any atom is -0.352 e. The fraction of sp³-hybridized carbons (Fsp3) is 0.739. The Labute approximate surface area is 165 Å². The van der Waals surface area contributed by atoms with E-state index in [-0.39, 0.29) is 6.29 Å². The van der Waals surface area contributed by atoms with Crippen molar-refractivity contribution in [3.8, 4) is 0 Å². The zero-order chi connectivity index (χ0) is 19.5. The highest BCUT2D eigenvalue weighted by Gasteiger charge is 2.35. The van der Waals surface area contributed by atoms with Crippen LogP contribution in [0.15, 0.2) is 12.1 Å². The van der Waals surface area contributed by atoms with E-state index in [0.717, 1.165) is 63.4 Å². The van der Waals surface area contributed by atoms with E-state index in [1.807, 2.05) is 0 Å². The van der Waals surface area contributed by atoms with Gasteiger partial charge in [0.1, 0.15) is 0 Å². The van der Waals surface area contributed by atoms with Gasteiger partial charge in [0, 0.05) is 11.8 Å². The van der Waals surface area contributed by atoms with Gasteiger partial charge in [-0.1, -0.05) is 25.7 Å². The molecule has 0 radical (unpaired) electrons. The first-order chi connectivity index (χ1) is 13.6. The third-order valence-corrected chi connectivity index (χ3v) is 7.18. The van der Waals surface area contributed by atoms with Gasteiger partial charge in [0.15, 0.2) is 23.7 Å². The first-order valence-electron chi connectivity index (χ1n) is 11.0. The molecule has 2 saturated carbocycles. The van der Waals surface area contributed by atoms with Crippen LogP contribution >= 0.6 is 0 Å². The molecule has 5 heteroatoms. The van der Waals surface area contributed by atoms with Crippen LogP contribution in [0, 0.1) is 41.1 Å². The quantitative estimate of drug-likeness (QED) is 0.567. The molecule has 0 spiro atoms. The van der Waals surface area contributed by atoms with E-state index >= 15 is 0 Å². The molecule has 1 aliphatic heterocycles. The number of hydrogen-bond donors (Lipinski definition) is 0. The highest BCUT2D eigenvalue weighted by atomic mass is 19.2. The predicted molar refractivity (Wildman–Crippen MR) is 101 cm³/mol. The average molecular weight is 396 g/mol. The second-order valence-electron chi connectivity index (χ2n) is 9.03. The monoisotopic (exact) mass is 396 g/mol. The van der Waals surface area contributed by atoms with Crippen molar-refractivity contribution in [1.29, 1.82) is 0 Å². The van der Waals surface area contributed by atoms with Gasteiger partial charge < -0.3 is 9.47 Å². The second-order valence-corrected chi connectivity index (χ2v) is 9.03. The molecule has 0 atom stereocenters. The molecule has 156 valence electrons. The fourth-order valence-corrected chi connectivity index (χ4v) is 5.38. The summed E-state index contributed by atoms with van der Waals surface area (Å²) in [4.78, 5) is 0. The summed E-state index contributed by atoms with van der Waals surface area (Å²) in [6.45, 7) is 1.69. The molecule has 0 bridgehead atoms. The second kappa shape index (κ2) is 9.17. The lowest BCUT2D eigenvalue weighted by Crippen LogP contribution is -2.40. The van der Waals surface area contributed by atoms with Crippen LogP contribution in [0.4, 0.5) is 13.2 Å². The predicted octanol–water partition coefficient (Wildman–Crippen LogP) is 6.02. The number of ether oxygens (including phenoxy) is 2. The van der Waals surface area contributed by atoms with Crippen LogP contribution in [0.3, 0.4) is 0 Å². The molecule has 3 aliphatic rings. The summed E-state index contributed by atoms with van der Waals surface area (Å²) in [7, 11) is 0. The molecule has 0 amide bonds. The summed E-state index contributed by atoms with van der Waals surface area (Å²) in [6.07, 6.45) is 11.1. The lowest BCUT2D eigenvalue weighted by Gasteiger charge is -2.39. The van der Waals surface area contributed by atoms with E-state index in [0.29, 0.717) is 29.7 Å². The van der Waals surface area contributed by atoms with Crippen LogP contribution < -0.4 is 0 Å². The number of rotatable bonds is 5. The molecular weight excluding hydrogens is 365 g/mol. The molecule has 1 aromatic carbocycles. The molecule has 4 rings (SSSR count). The van der Waals surface area contributed by atoms with Gasteiger partial charge in [0.2, 0.25) is 0 Å². The van der Waals surface area contributed by atoms with Gasteiger partial charge in [-0.15, -0.1) is 0 Å². The Morgan fingerprint density at radius 2 is 1.36 bits per heavy atom. The fourth-order valence-electron chi connectivity index (χ4n) is 5.38. The van der Waals surface area contributed by atoms with E-state index in [2.05, 4.69) is 0 Å². The van der Waals surface area contributed by atoms with Crippen molar-refractivity contribution in [3.63, 3.8) is 0 Å². The van der Waals surface area contributed by atoms with Gasteiger partial charge in [0.05, 0.1) is 13.2 Å². The molecule has 28 heavy (non-hydrogen) atoms. The van der Waals surface area contributed by atoms with Crippen LogP contribution in [0.25, 0.3) is 0 Å². The molecule has 1 heterocycles. The molecular formula is C23H31F3O2. The zero-order valence-electron chi connectivity index (χ0n) is 16.5. The Bertz CT molecular complexity index is 620. The van der Waals surface area contributed by atoms with Gasteiger partial charge in [0.25, 0.3) is 0 Å². The van der Waals surface area contributed by atoms with Crippen LogP contribution in [0.2, 0.25) is 0 Å². The maximum Gasteiger partial charge on any atom is 0.194 e.